The van der Waals surface area contributed by atoms with E-state index in [-0.39, 0.29) is 0 Å². The van der Waals surface area contributed by atoms with Crippen LogP contribution >= 0.6 is 0 Å². The van der Waals surface area contributed by atoms with Crippen LogP contribution in [-0.2, 0) is 4.79 Å². The van der Waals surface area contributed by atoms with Gasteiger partial charge in [0.25, 0.3) is 0 Å². The van der Waals surface area contributed by atoms with Gasteiger partial charge in [-0.3, -0.25) is 4.79 Å². The first-order valence-corrected chi connectivity index (χ1v) is 7.41. The molecule has 0 rings (SSSR count). The lowest BCUT2D eigenvalue weighted by molar-refractivity contribution is -0.145. The molecule has 0 fully saturated rings. The summed E-state index contributed by atoms with van der Waals surface area (Å²) >= 11 is 0. The number of nitrogens with one attached hydrogen (secondary N) is 1. The smallest absolute Gasteiger partial charge is 0.323 e. The summed E-state index contributed by atoms with van der Waals surface area (Å²) in [5.41, 5.74) is -0.762. The maximum atomic E-state index is 11.4. The van der Waals surface area contributed by atoms with Crippen LogP contribution in [0.25, 0.3) is 0 Å². The van der Waals surface area contributed by atoms with Gasteiger partial charge in [-0.05, 0) is 59.2 Å². The molecule has 0 aliphatic heterocycles. The molecule has 0 aliphatic carbocycles. The van der Waals surface area contributed by atoms with Crippen molar-refractivity contribution in [3.63, 3.8) is 0 Å². The van der Waals surface area contributed by atoms with Gasteiger partial charge < -0.3 is 15.3 Å². The van der Waals surface area contributed by atoms with Crippen molar-refractivity contribution in [2.24, 2.45) is 5.92 Å². The zero-order valence-electron chi connectivity index (χ0n) is 13.5. The van der Waals surface area contributed by atoms with E-state index in [2.05, 4.69) is 38.0 Å². The lowest BCUT2D eigenvalue weighted by Crippen LogP contribution is -2.50. The molecule has 2 N–H and O–H groups in total. The van der Waals surface area contributed by atoms with E-state index in [9.17, 15) is 9.90 Å². The van der Waals surface area contributed by atoms with Crippen LogP contribution in [0.3, 0.4) is 0 Å². The number of carboxylic acids is 1. The predicted octanol–water partition coefficient (Wildman–Crippen LogP) is 2.59. The Balaban J connectivity index is 4.23. The first-order valence-electron chi connectivity index (χ1n) is 7.41. The van der Waals surface area contributed by atoms with Crippen molar-refractivity contribution in [2.45, 2.75) is 65.0 Å². The van der Waals surface area contributed by atoms with Crippen LogP contribution in [0.1, 0.15) is 53.4 Å². The molecule has 4 heteroatoms. The maximum Gasteiger partial charge on any atom is 0.323 e. The lowest BCUT2D eigenvalue weighted by Gasteiger charge is -2.30. The van der Waals surface area contributed by atoms with E-state index < -0.39 is 11.5 Å². The normalized spacial score (nSPS) is 16.6. The van der Waals surface area contributed by atoms with Crippen LogP contribution in [0.5, 0.6) is 0 Å². The summed E-state index contributed by atoms with van der Waals surface area (Å²) in [7, 11) is 3.86. The van der Waals surface area contributed by atoms with Gasteiger partial charge in [-0.1, -0.05) is 20.8 Å². The van der Waals surface area contributed by atoms with Crippen LogP contribution < -0.4 is 5.32 Å². The third kappa shape index (κ3) is 5.91. The summed E-state index contributed by atoms with van der Waals surface area (Å²) in [6, 6.07) is 0.551. The Kier molecular flexibility index (Phi) is 8.26. The van der Waals surface area contributed by atoms with Crippen LogP contribution in [0.15, 0.2) is 0 Å². The molecular formula is C15H32N2O2. The highest BCUT2D eigenvalue weighted by Crippen LogP contribution is 2.18. The molecule has 0 heterocycles. The second-order valence-corrected chi connectivity index (χ2v) is 6.05. The number of nitrogens with zero attached hydrogens (tertiary/aromatic N) is 1. The summed E-state index contributed by atoms with van der Waals surface area (Å²) < 4.78 is 0. The summed E-state index contributed by atoms with van der Waals surface area (Å²) in [6.45, 7) is 9.58. The van der Waals surface area contributed by atoms with Crippen molar-refractivity contribution in [3.8, 4) is 0 Å². The van der Waals surface area contributed by atoms with E-state index >= 15 is 0 Å². The highest BCUT2D eigenvalue weighted by molar-refractivity contribution is 5.78. The van der Waals surface area contributed by atoms with Crippen LogP contribution in [0.4, 0.5) is 0 Å². The van der Waals surface area contributed by atoms with Gasteiger partial charge in [-0.25, -0.2) is 0 Å². The SMILES string of the molecule is CCC(CCCN(C)C(C)CC(C)C)(NC)C(=O)O. The number of carbonyl (C=O) groups is 1. The molecule has 4 nitrogen and oxygen atoms in total. The first kappa shape index (κ1) is 18.4. The average Bonchev–Trinajstić information content (AvgIpc) is 2.33. The molecule has 19 heavy (non-hydrogen) atoms. The van der Waals surface area contributed by atoms with E-state index in [1.165, 1.54) is 6.42 Å². The summed E-state index contributed by atoms with van der Waals surface area (Å²) in [6.07, 6.45) is 3.37. The average molecular weight is 272 g/mol. The van der Waals surface area contributed by atoms with E-state index in [0.717, 1.165) is 13.0 Å². The van der Waals surface area contributed by atoms with Crippen molar-refractivity contribution in [2.75, 3.05) is 20.6 Å². The summed E-state index contributed by atoms with van der Waals surface area (Å²) in [5.74, 6) is -0.0427. The fraction of sp³-hybridized carbons (Fsp3) is 0.933. The highest BCUT2D eigenvalue weighted by atomic mass is 16.4. The molecule has 0 saturated heterocycles. The third-order valence-electron chi connectivity index (χ3n) is 4.17. The molecule has 0 spiro atoms. The van der Waals surface area contributed by atoms with Crippen molar-refractivity contribution in [1.29, 1.82) is 0 Å². The van der Waals surface area contributed by atoms with Gasteiger partial charge in [0.05, 0.1) is 0 Å². The number of hydrogen-bond acceptors (Lipinski definition) is 3. The Bertz CT molecular complexity index is 263. The van der Waals surface area contributed by atoms with Crippen molar-refractivity contribution < 1.29 is 9.90 Å². The van der Waals surface area contributed by atoms with Crippen LogP contribution in [0.2, 0.25) is 0 Å². The Morgan fingerprint density at radius 1 is 1.37 bits per heavy atom. The van der Waals surface area contributed by atoms with Gasteiger partial charge in [-0.15, -0.1) is 0 Å². The van der Waals surface area contributed by atoms with Crippen LogP contribution in [-0.4, -0.2) is 48.2 Å². The monoisotopic (exact) mass is 272 g/mol. The summed E-state index contributed by atoms with van der Waals surface area (Å²) in [5, 5.41) is 12.3. The van der Waals surface area contributed by atoms with Crippen LogP contribution in [0, 0.1) is 5.92 Å². The van der Waals surface area contributed by atoms with Gasteiger partial charge in [0.1, 0.15) is 5.54 Å². The Morgan fingerprint density at radius 3 is 2.32 bits per heavy atom. The van der Waals surface area contributed by atoms with Crippen molar-refractivity contribution in [1.82, 2.24) is 10.2 Å². The predicted molar refractivity (Wildman–Crippen MR) is 80.5 cm³/mol. The molecule has 0 amide bonds. The number of likely N-dealkylation sites (N-methyl/N-ethyl adjacent to an activating group) is 1. The molecule has 0 radical (unpaired) electrons. The molecule has 0 aromatic rings. The number of aliphatic carboxylic acids is 1. The molecule has 0 bridgehead atoms. The Hall–Kier alpha value is -0.610. The standard InChI is InChI=1S/C15H32N2O2/c1-7-15(16-5,14(18)19)9-8-10-17(6)13(4)11-12(2)3/h12-13,16H,7-11H2,1-6H3,(H,18,19). The minimum Gasteiger partial charge on any atom is -0.480 e. The molecule has 0 aromatic heterocycles. The fourth-order valence-corrected chi connectivity index (χ4v) is 2.56. The minimum atomic E-state index is -0.762. The lowest BCUT2D eigenvalue weighted by atomic mass is 9.90. The molecule has 0 aromatic carbocycles. The van der Waals surface area contributed by atoms with Gasteiger partial charge in [0.15, 0.2) is 0 Å². The van der Waals surface area contributed by atoms with E-state index in [1.54, 1.807) is 7.05 Å². The quantitative estimate of drug-likeness (QED) is 0.642. The van der Waals surface area contributed by atoms with Gasteiger partial charge in [-0.2, -0.15) is 0 Å². The zero-order valence-corrected chi connectivity index (χ0v) is 13.5. The fourth-order valence-electron chi connectivity index (χ4n) is 2.56. The molecule has 0 saturated carbocycles. The van der Waals surface area contributed by atoms with E-state index in [1.807, 2.05) is 6.92 Å². The largest absolute Gasteiger partial charge is 0.480 e. The van der Waals surface area contributed by atoms with Crippen molar-refractivity contribution in [3.05, 3.63) is 0 Å². The number of hydrogen-bond donors (Lipinski definition) is 2. The number of rotatable bonds is 10. The molecule has 2 atom stereocenters. The molecular weight excluding hydrogens is 240 g/mol. The Morgan fingerprint density at radius 2 is 1.95 bits per heavy atom. The molecule has 0 aliphatic rings. The number of carboxylic acid groups (broad SMARTS) is 1. The molecule has 114 valence electrons. The second-order valence-electron chi connectivity index (χ2n) is 6.05. The maximum absolute atomic E-state index is 11.4. The minimum absolute atomic E-state index is 0.551. The highest BCUT2D eigenvalue weighted by Gasteiger charge is 2.34. The second kappa shape index (κ2) is 8.54. The van der Waals surface area contributed by atoms with Gasteiger partial charge in [0, 0.05) is 6.04 Å². The first-order chi connectivity index (χ1) is 8.79. The van der Waals surface area contributed by atoms with E-state index in [4.69, 9.17) is 0 Å². The molecule has 2 unspecified atom stereocenters. The van der Waals surface area contributed by atoms with Gasteiger partial charge in [0.2, 0.25) is 0 Å². The third-order valence-corrected chi connectivity index (χ3v) is 4.17. The van der Waals surface area contributed by atoms with E-state index in [0.29, 0.717) is 24.8 Å². The summed E-state index contributed by atoms with van der Waals surface area (Å²) in [4.78, 5) is 13.7. The van der Waals surface area contributed by atoms with Gasteiger partial charge >= 0.3 is 5.97 Å². The zero-order chi connectivity index (χ0) is 15.1. The van der Waals surface area contributed by atoms with Crippen molar-refractivity contribution >= 4 is 5.97 Å². The topological polar surface area (TPSA) is 52.6 Å². The Labute approximate surface area is 118 Å².